The third kappa shape index (κ3) is 2.85. The van der Waals surface area contributed by atoms with Crippen LogP contribution in [0.4, 0.5) is 5.69 Å². The van der Waals surface area contributed by atoms with E-state index in [4.69, 9.17) is 11.6 Å². The van der Waals surface area contributed by atoms with Crippen LogP contribution in [-0.4, -0.2) is 30.6 Å². The molecule has 0 saturated heterocycles. The first-order valence-corrected chi connectivity index (χ1v) is 6.60. The van der Waals surface area contributed by atoms with E-state index in [1.165, 1.54) is 0 Å². The number of nitrogens with zero attached hydrogens (tertiary/aromatic N) is 1. The van der Waals surface area contributed by atoms with Crippen molar-refractivity contribution in [3.05, 3.63) is 28.8 Å². The SMILES string of the molecule is CN(CC1(O)CCCC1)c1ccc(C=O)c(Cl)c1. The fraction of sp³-hybridized carbons (Fsp3) is 0.500. The lowest BCUT2D eigenvalue weighted by atomic mass is 10.0. The summed E-state index contributed by atoms with van der Waals surface area (Å²) < 4.78 is 0. The van der Waals surface area contributed by atoms with Gasteiger partial charge >= 0.3 is 0 Å². The number of carbonyl (C=O) groups excluding carboxylic acids is 1. The quantitative estimate of drug-likeness (QED) is 0.853. The van der Waals surface area contributed by atoms with Gasteiger partial charge in [0, 0.05) is 24.8 Å². The monoisotopic (exact) mass is 267 g/mol. The molecule has 1 aliphatic carbocycles. The molecule has 18 heavy (non-hydrogen) atoms. The van der Waals surface area contributed by atoms with E-state index in [0.717, 1.165) is 37.7 Å². The molecule has 0 bridgehead atoms. The Balaban J connectivity index is 2.11. The average molecular weight is 268 g/mol. The van der Waals surface area contributed by atoms with E-state index in [2.05, 4.69) is 0 Å². The molecule has 98 valence electrons. The fourth-order valence-electron chi connectivity index (χ4n) is 2.57. The van der Waals surface area contributed by atoms with Crippen molar-refractivity contribution in [3.63, 3.8) is 0 Å². The Hall–Kier alpha value is -1.06. The van der Waals surface area contributed by atoms with Gasteiger partial charge in [0.1, 0.15) is 0 Å². The molecule has 1 N–H and O–H groups in total. The molecule has 0 heterocycles. The van der Waals surface area contributed by atoms with Gasteiger partial charge in [0.25, 0.3) is 0 Å². The van der Waals surface area contributed by atoms with Crippen molar-refractivity contribution < 1.29 is 9.90 Å². The molecule has 0 aliphatic heterocycles. The molecule has 0 unspecified atom stereocenters. The van der Waals surface area contributed by atoms with Crippen LogP contribution in [-0.2, 0) is 0 Å². The van der Waals surface area contributed by atoms with Gasteiger partial charge in [0.05, 0.1) is 10.6 Å². The molecule has 1 aromatic rings. The van der Waals surface area contributed by atoms with Gasteiger partial charge in [-0.05, 0) is 31.0 Å². The zero-order chi connectivity index (χ0) is 13.2. The number of rotatable bonds is 4. The Morgan fingerprint density at radius 2 is 2.11 bits per heavy atom. The summed E-state index contributed by atoms with van der Waals surface area (Å²) in [7, 11) is 1.93. The van der Waals surface area contributed by atoms with Crippen molar-refractivity contribution >= 4 is 23.6 Å². The normalized spacial score (nSPS) is 17.7. The summed E-state index contributed by atoms with van der Waals surface area (Å²) >= 11 is 6.00. The summed E-state index contributed by atoms with van der Waals surface area (Å²) in [6.45, 7) is 0.601. The maximum absolute atomic E-state index is 10.7. The number of benzene rings is 1. The van der Waals surface area contributed by atoms with E-state index >= 15 is 0 Å². The predicted octanol–water partition coefficient (Wildman–Crippen LogP) is 2.89. The van der Waals surface area contributed by atoms with Crippen molar-refractivity contribution in [2.24, 2.45) is 0 Å². The van der Waals surface area contributed by atoms with Crippen LogP contribution in [0.2, 0.25) is 5.02 Å². The molecule has 0 amide bonds. The highest BCUT2D eigenvalue weighted by molar-refractivity contribution is 6.33. The molecule has 1 saturated carbocycles. The van der Waals surface area contributed by atoms with Crippen LogP contribution in [0.25, 0.3) is 0 Å². The second kappa shape index (κ2) is 5.29. The minimum Gasteiger partial charge on any atom is -0.388 e. The van der Waals surface area contributed by atoms with Crippen molar-refractivity contribution in [2.45, 2.75) is 31.3 Å². The van der Waals surface area contributed by atoms with Crippen LogP contribution in [0.15, 0.2) is 18.2 Å². The molecule has 4 heteroatoms. The Labute approximate surface area is 112 Å². The maximum atomic E-state index is 10.7. The second-order valence-electron chi connectivity index (χ2n) is 5.11. The van der Waals surface area contributed by atoms with Crippen LogP contribution in [0.5, 0.6) is 0 Å². The number of hydrogen-bond acceptors (Lipinski definition) is 3. The topological polar surface area (TPSA) is 40.5 Å². The number of halogens is 1. The van der Waals surface area contributed by atoms with Gasteiger partial charge in [-0.3, -0.25) is 4.79 Å². The van der Waals surface area contributed by atoms with Crippen LogP contribution >= 0.6 is 11.6 Å². The first-order chi connectivity index (χ1) is 8.54. The van der Waals surface area contributed by atoms with Crippen molar-refractivity contribution in [1.29, 1.82) is 0 Å². The van der Waals surface area contributed by atoms with E-state index < -0.39 is 5.60 Å². The standard InChI is InChI=1S/C14H18ClNO2/c1-16(10-14(18)6-2-3-7-14)12-5-4-11(9-17)13(15)8-12/h4-5,8-9,18H,2-3,6-7,10H2,1H3. The summed E-state index contributed by atoms with van der Waals surface area (Å²) in [6, 6.07) is 5.33. The lowest BCUT2D eigenvalue weighted by molar-refractivity contribution is 0.0559. The lowest BCUT2D eigenvalue weighted by Crippen LogP contribution is -2.39. The minimum atomic E-state index is -0.579. The van der Waals surface area contributed by atoms with Gasteiger partial charge in [-0.1, -0.05) is 24.4 Å². The van der Waals surface area contributed by atoms with Gasteiger partial charge in [-0.25, -0.2) is 0 Å². The minimum absolute atomic E-state index is 0.452. The Bertz CT molecular complexity index is 441. The van der Waals surface area contributed by atoms with Crippen LogP contribution in [0.1, 0.15) is 36.0 Å². The summed E-state index contributed by atoms with van der Waals surface area (Å²) in [5, 5.41) is 10.8. The molecule has 0 spiro atoms. The molecular formula is C14H18ClNO2. The van der Waals surface area contributed by atoms with Crippen molar-refractivity contribution in [2.75, 3.05) is 18.5 Å². The molecule has 0 atom stereocenters. The Morgan fingerprint density at radius 1 is 1.44 bits per heavy atom. The summed E-state index contributed by atoms with van der Waals surface area (Å²) in [4.78, 5) is 12.7. The van der Waals surface area contributed by atoms with Gasteiger partial charge < -0.3 is 10.0 Å². The zero-order valence-corrected chi connectivity index (χ0v) is 11.3. The summed E-state index contributed by atoms with van der Waals surface area (Å²) in [5.41, 5.74) is 0.837. The van der Waals surface area contributed by atoms with Crippen LogP contribution < -0.4 is 4.90 Å². The van der Waals surface area contributed by atoms with E-state index in [1.807, 2.05) is 18.0 Å². The highest BCUT2D eigenvalue weighted by Crippen LogP contribution is 2.31. The highest BCUT2D eigenvalue weighted by atomic mass is 35.5. The van der Waals surface area contributed by atoms with Crippen molar-refractivity contribution in [1.82, 2.24) is 0 Å². The number of anilines is 1. The molecule has 0 aromatic heterocycles. The third-order valence-corrected chi connectivity index (χ3v) is 3.94. The van der Waals surface area contributed by atoms with Gasteiger partial charge in [-0.15, -0.1) is 0 Å². The van der Waals surface area contributed by atoms with Gasteiger partial charge in [-0.2, -0.15) is 0 Å². The van der Waals surface area contributed by atoms with Gasteiger partial charge in [0.15, 0.2) is 6.29 Å². The molecule has 3 nitrogen and oxygen atoms in total. The van der Waals surface area contributed by atoms with E-state index in [9.17, 15) is 9.90 Å². The molecule has 1 aliphatic rings. The number of likely N-dealkylation sites (N-methyl/N-ethyl adjacent to an activating group) is 1. The van der Waals surface area contributed by atoms with E-state index in [1.54, 1.807) is 12.1 Å². The lowest BCUT2D eigenvalue weighted by Gasteiger charge is -2.30. The molecular weight excluding hydrogens is 250 g/mol. The first kappa shape index (κ1) is 13.4. The predicted molar refractivity (Wildman–Crippen MR) is 73.5 cm³/mol. The molecule has 1 aromatic carbocycles. The second-order valence-corrected chi connectivity index (χ2v) is 5.52. The van der Waals surface area contributed by atoms with Gasteiger partial charge in [0.2, 0.25) is 0 Å². The Kier molecular flexibility index (Phi) is 3.93. The van der Waals surface area contributed by atoms with E-state index in [-0.39, 0.29) is 0 Å². The molecule has 2 rings (SSSR count). The summed E-state index contributed by atoms with van der Waals surface area (Å²) in [6.07, 6.45) is 4.65. The largest absolute Gasteiger partial charge is 0.388 e. The number of hydrogen-bond donors (Lipinski definition) is 1. The fourth-order valence-corrected chi connectivity index (χ4v) is 2.79. The number of carbonyl (C=O) groups is 1. The molecule has 1 fully saturated rings. The maximum Gasteiger partial charge on any atom is 0.151 e. The Morgan fingerprint density at radius 3 is 2.67 bits per heavy atom. The first-order valence-electron chi connectivity index (χ1n) is 6.22. The molecule has 0 radical (unpaired) electrons. The number of aliphatic hydroxyl groups is 1. The van der Waals surface area contributed by atoms with Crippen LogP contribution in [0.3, 0.4) is 0 Å². The number of aldehydes is 1. The van der Waals surface area contributed by atoms with Crippen molar-refractivity contribution in [3.8, 4) is 0 Å². The van der Waals surface area contributed by atoms with E-state index in [0.29, 0.717) is 17.1 Å². The zero-order valence-electron chi connectivity index (χ0n) is 10.5. The third-order valence-electron chi connectivity index (χ3n) is 3.62. The highest BCUT2D eigenvalue weighted by Gasteiger charge is 2.32. The summed E-state index contributed by atoms with van der Waals surface area (Å²) in [5.74, 6) is 0. The van der Waals surface area contributed by atoms with Crippen LogP contribution in [0, 0.1) is 0 Å². The average Bonchev–Trinajstić information content (AvgIpc) is 2.75. The smallest absolute Gasteiger partial charge is 0.151 e.